The van der Waals surface area contributed by atoms with E-state index in [0.29, 0.717) is 36.3 Å². The van der Waals surface area contributed by atoms with Crippen molar-refractivity contribution < 1.29 is 35.5 Å². The van der Waals surface area contributed by atoms with Crippen molar-refractivity contribution in [3.63, 3.8) is 0 Å². The Hall–Kier alpha value is -4.14. The van der Waals surface area contributed by atoms with E-state index in [0.717, 1.165) is 22.5 Å². The Morgan fingerprint density at radius 3 is 2.43 bits per heavy atom. The fourth-order valence-corrected chi connectivity index (χ4v) is 8.05. The van der Waals surface area contributed by atoms with E-state index in [1.165, 1.54) is 44.9 Å². The lowest BCUT2D eigenvalue weighted by Crippen LogP contribution is -2.47. The first-order valence-electron chi connectivity index (χ1n) is 15.3. The van der Waals surface area contributed by atoms with Gasteiger partial charge in [0, 0.05) is 36.0 Å². The van der Waals surface area contributed by atoms with Crippen LogP contribution in [0.15, 0.2) is 78.1 Å². The van der Waals surface area contributed by atoms with Crippen LogP contribution in [0.25, 0.3) is 0 Å². The van der Waals surface area contributed by atoms with Gasteiger partial charge in [-0.25, -0.2) is 27.1 Å². The number of aromatic nitrogens is 2. The number of ether oxygens (including phenoxy) is 2. The zero-order valence-electron chi connectivity index (χ0n) is 27.2. The molecule has 5 rings (SSSR count). The summed E-state index contributed by atoms with van der Waals surface area (Å²) in [6.07, 6.45) is -0.613. The fraction of sp³-hybridized carbons (Fsp3) is 0.353. The summed E-state index contributed by atoms with van der Waals surface area (Å²) in [4.78, 5) is 9.22. The molecule has 3 aromatic carbocycles. The third-order valence-electron chi connectivity index (χ3n) is 8.75. The van der Waals surface area contributed by atoms with Gasteiger partial charge in [0.1, 0.15) is 34.4 Å². The molecule has 262 valence electrons. The first-order chi connectivity index (χ1) is 23.2. The van der Waals surface area contributed by atoms with Gasteiger partial charge in [-0.05, 0) is 75.2 Å². The van der Waals surface area contributed by atoms with Gasteiger partial charge in [-0.3, -0.25) is 0 Å². The van der Waals surface area contributed by atoms with Crippen LogP contribution in [0.3, 0.4) is 0 Å². The molecule has 1 heterocycles. The van der Waals surface area contributed by atoms with Gasteiger partial charge in [-0.1, -0.05) is 29.8 Å². The first-order valence-corrected chi connectivity index (χ1v) is 17.1. The van der Waals surface area contributed by atoms with Crippen LogP contribution in [-0.4, -0.2) is 63.7 Å². The van der Waals surface area contributed by atoms with Crippen molar-refractivity contribution in [2.75, 3.05) is 37.9 Å². The average Bonchev–Trinajstić information content (AvgIpc) is 3.08. The Morgan fingerprint density at radius 1 is 1.02 bits per heavy atom. The number of halogens is 5. The van der Waals surface area contributed by atoms with Gasteiger partial charge in [0.25, 0.3) is 10.0 Å². The number of likely N-dealkylation sites (N-methyl/N-ethyl adjacent to an activating group) is 1. The predicted octanol–water partition coefficient (Wildman–Crippen LogP) is 7.38. The number of sulfonamides is 1. The molecule has 1 aliphatic rings. The number of rotatable bonds is 11. The quantitative estimate of drug-likeness (QED) is 0.160. The Bertz CT molecular complexity index is 1880. The molecular weight excluding hydrogens is 686 g/mol. The molecule has 1 N–H and O–H groups in total. The molecule has 1 saturated carbocycles. The summed E-state index contributed by atoms with van der Waals surface area (Å²) >= 11 is 6.63. The van der Waals surface area contributed by atoms with Crippen LogP contribution in [0.4, 0.5) is 29.1 Å². The second-order valence-corrected chi connectivity index (χ2v) is 14.1. The largest absolute Gasteiger partial charge is 0.497 e. The molecule has 9 nitrogen and oxygen atoms in total. The van der Waals surface area contributed by atoms with E-state index in [1.807, 2.05) is 19.0 Å². The number of alkyl halides is 3. The highest BCUT2D eigenvalue weighted by Gasteiger charge is 2.39. The molecule has 0 bridgehead atoms. The third-order valence-corrected chi connectivity index (χ3v) is 10.8. The molecular formula is C34H36ClF4N5O4S. The number of nitrogens with one attached hydrogen (secondary N) is 1. The second-order valence-electron chi connectivity index (χ2n) is 11.9. The van der Waals surface area contributed by atoms with Crippen LogP contribution >= 0.6 is 11.6 Å². The van der Waals surface area contributed by atoms with Crippen LogP contribution in [0.2, 0.25) is 5.02 Å². The molecule has 49 heavy (non-hydrogen) atoms. The monoisotopic (exact) mass is 721 g/mol. The summed E-state index contributed by atoms with van der Waals surface area (Å²) in [6, 6.07) is 13.4. The summed E-state index contributed by atoms with van der Waals surface area (Å²) in [5.74, 6) is -0.571. The molecule has 0 radical (unpaired) electrons. The highest BCUT2D eigenvalue weighted by Crippen LogP contribution is 2.43. The zero-order valence-corrected chi connectivity index (χ0v) is 28.8. The maximum atomic E-state index is 15.9. The predicted molar refractivity (Wildman–Crippen MR) is 179 cm³/mol. The molecule has 15 heteroatoms. The summed E-state index contributed by atoms with van der Waals surface area (Å²) in [7, 11) is 1.97. The fourth-order valence-electron chi connectivity index (χ4n) is 6.29. The van der Waals surface area contributed by atoms with Crippen molar-refractivity contribution in [2.45, 2.75) is 54.9 Å². The lowest BCUT2D eigenvalue weighted by molar-refractivity contribution is -0.138. The van der Waals surface area contributed by atoms with E-state index in [4.69, 9.17) is 21.1 Å². The lowest BCUT2D eigenvalue weighted by atomic mass is 9.76. The summed E-state index contributed by atoms with van der Waals surface area (Å²) in [5.41, 5.74) is 0.222. The Balaban J connectivity index is 1.43. The molecule has 0 amide bonds. The highest BCUT2D eigenvalue weighted by molar-refractivity contribution is 7.92. The number of anilines is 2. The van der Waals surface area contributed by atoms with E-state index in [-0.39, 0.29) is 46.6 Å². The summed E-state index contributed by atoms with van der Waals surface area (Å²) in [5, 5.41) is 3.20. The van der Waals surface area contributed by atoms with Crippen molar-refractivity contribution >= 4 is 33.1 Å². The maximum Gasteiger partial charge on any atom is 0.416 e. The molecule has 0 aliphatic heterocycles. The molecule has 0 unspecified atom stereocenters. The molecule has 0 spiro atoms. The zero-order chi connectivity index (χ0) is 35.5. The van der Waals surface area contributed by atoms with Crippen LogP contribution < -0.4 is 19.1 Å². The van der Waals surface area contributed by atoms with Gasteiger partial charge in [0.2, 0.25) is 0 Å². The van der Waals surface area contributed by atoms with Gasteiger partial charge < -0.3 is 19.7 Å². The van der Waals surface area contributed by atoms with Gasteiger partial charge >= 0.3 is 6.18 Å². The standard InChI is InChI=1S/C34H36ClF4N5O4S/c1-43(2)30-15-21(24-7-5-6-8-25(24)34(37,38)39)10-12-28(30)42-29-18-27(36)32(17-26(29)35)49(45,46)44(33-13-14-40-20-41-33)19-22-9-11-23(47-3)16-31(22)48-4/h5-9,11,13-14,16-18,20-21,28,30,42H,10,12,15,19H2,1-4H3/t21-,28-,30-/m1/s1. The molecule has 3 atom stereocenters. The second kappa shape index (κ2) is 14.8. The number of methoxy groups -OCH3 is 2. The minimum Gasteiger partial charge on any atom is -0.497 e. The average molecular weight is 722 g/mol. The van der Waals surface area contributed by atoms with E-state index in [2.05, 4.69) is 15.3 Å². The topological polar surface area (TPSA) is 96.9 Å². The van der Waals surface area contributed by atoms with Gasteiger partial charge in [0.05, 0.1) is 37.0 Å². The van der Waals surface area contributed by atoms with Crippen LogP contribution in [0.5, 0.6) is 11.5 Å². The molecule has 1 fully saturated rings. The van der Waals surface area contributed by atoms with Crippen molar-refractivity contribution in [2.24, 2.45) is 0 Å². The smallest absolute Gasteiger partial charge is 0.416 e. The van der Waals surface area contributed by atoms with E-state index in [9.17, 15) is 21.6 Å². The van der Waals surface area contributed by atoms with Crippen LogP contribution in [0, 0.1) is 5.82 Å². The Kier molecular flexibility index (Phi) is 10.9. The molecule has 1 aromatic heterocycles. The van der Waals surface area contributed by atoms with Crippen molar-refractivity contribution in [3.05, 3.63) is 101 Å². The van der Waals surface area contributed by atoms with Crippen LogP contribution in [-0.2, 0) is 22.7 Å². The van der Waals surface area contributed by atoms with Gasteiger partial charge in [0.15, 0.2) is 0 Å². The van der Waals surface area contributed by atoms with E-state index in [1.54, 1.807) is 24.3 Å². The van der Waals surface area contributed by atoms with Gasteiger partial charge in [-0.15, -0.1) is 0 Å². The number of benzene rings is 3. The van der Waals surface area contributed by atoms with Crippen molar-refractivity contribution in [1.29, 1.82) is 0 Å². The third kappa shape index (κ3) is 7.86. The highest BCUT2D eigenvalue weighted by atomic mass is 35.5. The maximum absolute atomic E-state index is 15.9. The lowest BCUT2D eigenvalue weighted by Gasteiger charge is -2.41. The first kappa shape index (κ1) is 36.1. The Morgan fingerprint density at radius 2 is 1.78 bits per heavy atom. The Labute approximate surface area is 287 Å². The van der Waals surface area contributed by atoms with Gasteiger partial charge in [-0.2, -0.15) is 13.2 Å². The summed E-state index contributed by atoms with van der Waals surface area (Å²) < 4.78 is 97.3. The number of hydrogen-bond acceptors (Lipinski definition) is 8. The minimum atomic E-state index is -4.61. The molecule has 1 aliphatic carbocycles. The van der Waals surface area contributed by atoms with E-state index >= 15 is 4.39 Å². The minimum absolute atomic E-state index is 0.0109. The number of nitrogens with zero attached hydrogens (tertiary/aromatic N) is 4. The SMILES string of the molecule is COc1ccc(CN(c2ccncn2)S(=O)(=O)c2cc(Cl)c(N[C@@H]3CC[C@@H](c4ccccc4C(F)(F)F)C[C@H]3N(C)C)cc2F)c(OC)c1. The van der Waals surface area contributed by atoms with Crippen molar-refractivity contribution in [1.82, 2.24) is 14.9 Å². The molecule has 4 aromatic rings. The number of hydrogen-bond donors (Lipinski definition) is 1. The van der Waals surface area contributed by atoms with Crippen LogP contribution in [0.1, 0.15) is 41.9 Å². The van der Waals surface area contributed by atoms with Crippen molar-refractivity contribution in [3.8, 4) is 11.5 Å². The normalized spacial score (nSPS) is 18.3. The van der Waals surface area contributed by atoms with E-state index < -0.39 is 32.5 Å². The summed E-state index contributed by atoms with van der Waals surface area (Å²) in [6.45, 7) is -0.269. The molecule has 0 saturated heterocycles.